The van der Waals surface area contributed by atoms with Crippen LogP contribution >= 0.6 is 0 Å². The van der Waals surface area contributed by atoms with Crippen molar-refractivity contribution in [3.8, 4) is 0 Å². The van der Waals surface area contributed by atoms with Crippen LogP contribution in [0.1, 0.15) is 11.1 Å². The number of nitrogens with zero attached hydrogens (tertiary/aromatic N) is 2. The fraction of sp³-hybridized carbons (Fsp3) is 0.143. The monoisotopic (exact) mass is 246 g/mol. The Kier molecular flexibility index (Phi) is 3.46. The number of hydrogen-bond acceptors (Lipinski definition) is 2. The van der Waals surface area contributed by atoms with Gasteiger partial charge in [-0.25, -0.2) is 8.78 Å². The Morgan fingerprint density at radius 3 is 2.11 bits per heavy atom. The molecule has 0 spiro atoms. The minimum atomic E-state index is -0.362. The quantitative estimate of drug-likeness (QED) is 0.666. The van der Waals surface area contributed by atoms with E-state index < -0.39 is 0 Å². The Bertz CT molecular complexity index is 583. The van der Waals surface area contributed by atoms with E-state index in [2.05, 4.69) is 10.2 Å². The number of benzene rings is 2. The molecule has 2 aromatic rings. The highest BCUT2D eigenvalue weighted by Crippen LogP contribution is 2.27. The van der Waals surface area contributed by atoms with E-state index in [0.29, 0.717) is 22.5 Å². The topological polar surface area (TPSA) is 24.7 Å². The van der Waals surface area contributed by atoms with Gasteiger partial charge in [-0.3, -0.25) is 0 Å². The molecule has 0 saturated heterocycles. The summed E-state index contributed by atoms with van der Waals surface area (Å²) in [6, 6.07) is 8.64. The molecule has 0 unspecified atom stereocenters. The number of azo groups is 1. The van der Waals surface area contributed by atoms with Gasteiger partial charge in [-0.05, 0) is 49.2 Å². The van der Waals surface area contributed by atoms with Crippen molar-refractivity contribution in [2.24, 2.45) is 10.2 Å². The van der Waals surface area contributed by atoms with Crippen LogP contribution < -0.4 is 0 Å². The second-order valence-electron chi connectivity index (χ2n) is 4.07. The summed E-state index contributed by atoms with van der Waals surface area (Å²) in [5, 5.41) is 8.00. The lowest BCUT2D eigenvalue weighted by atomic mass is 10.1. The minimum absolute atomic E-state index is 0.297. The summed E-state index contributed by atoms with van der Waals surface area (Å²) >= 11 is 0. The lowest BCUT2D eigenvalue weighted by Crippen LogP contribution is -1.83. The number of halogens is 2. The molecule has 2 aromatic carbocycles. The van der Waals surface area contributed by atoms with E-state index in [-0.39, 0.29) is 11.6 Å². The summed E-state index contributed by atoms with van der Waals surface area (Å²) in [4.78, 5) is 0. The van der Waals surface area contributed by atoms with Crippen molar-refractivity contribution in [2.75, 3.05) is 0 Å². The van der Waals surface area contributed by atoms with Gasteiger partial charge in [-0.2, -0.15) is 10.2 Å². The first-order valence-electron chi connectivity index (χ1n) is 5.50. The van der Waals surface area contributed by atoms with Crippen LogP contribution in [-0.4, -0.2) is 0 Å². The molecule has 2 nitrogen and oxygen atoms in total. The van der Waals surface area contributed by atoms with Gasteiger partial charge in [0.15, 0.2) is 0 Å². The van der Waals surface area contributed by atoms with Gasteiger partial charge in [-0.1, -0.05) is 6.07 Å². The van der Waals surface area contributed by atoms with Gasteiger partial charge >= 0.3 is 0 Å². The molecule has 0 aromatic heterocycles. The zero-order valence-corrected chi connectivity index (χ0v) is 10.1. The van der Waals surface area contributed by atoms with Crippen LogP contribution in [0.3, 0.4) is 0 Å². The molecule has 0 fully saturated rings. The van der Waals surface area contributed by atoms with Gasteiger partial charge < -0.3 is 0 Å². The van der Waals surface area contributed by atoms with Crippen molar-refractivity contribution in [3.63, 3.8) is 0 Å². The number of hydrogen-bond donors (Lipinski definition) is 0. The molecule has 0 radical (unpaired) electrons. The average Bonchev–Trinajstić information content (AvgIpc) is 2.27. The lowest BCUT2D eigenvalue weighted by Gasteiger charge is -2.03. The maximum absolute atomic E-state index is 13.1. The largest absolute Gasteiger partial charge is 0.207 e. The molecular formula is C14H12F2N2. The van der Waals surface area contributed by atoms with Crippen molar-refractivity contribution in [3.05, 3.63) is 59.2 Å². The van der Waals surface area contributed by atoms with Gasteiger partial charge in [0.05, 0.1) is 11.4 Å². The smallest absolute Gasteiger partial charge is 0.125 e. The van der Waals surface area contributed by atoms with Crippen LogP contribution in [0.25, 0.3) is 0 Å². The molecular weight excluding hydrogens is 234 g/mol. The highest BCUT2D eigenvalue weighted by atomic mass is 19.1. The third kappa shape index (κ3) is 2.77. The molecule has 0 amide bonds. The third-order valence-corrected chi connectivity index (χ3v) is 2.53. The zero-order chi connectivity index (χ0) is 13.1. The Hall–Kier alpha value is -2.10. The maximum Gasteiger partial charge on any atom is 0.125 e. The van der Waals surface area contributed by atoms with Crippen LogP contribution in [-0.2, 0) is 0 Å². The molecule has 0 aliphatic heterocycles. The molecule has 0 heterocycles. The fourth-order valence-corrected chi connectivity index (χ4v) is 1.71. The van der Waals surface area contributed by atoms with Crippen molar-refractivity contribution in [2.45, 2.75) is 13.8 Å². The van der Waals surface area contributed by atoms with E-state index in [1.54, 1.807) is 26.0 Å². The SMILES string of the molecule is Cc1cc(F)cc(C)c1N=Nc1cccc(F)c1. The fourth-order valence-electron chi connectivity index (χ4n) is 1.71. The summed E-state index contributed by atoms with van der Waals surface area (Å²) in [5.74, 6) is -0.659. The predicted molar refractivity (Wildman–Crippen MR) is 66.5 cm³/mol. The summed E-state index contributed by atoms with van der Waals surface area (Å²) in [6.45, 7) is 3.52. The van der Waals surface area contributed by atoms with Crippen LogP contribution in [0.4, 0.5) is 20.2 Å². The van der Waals surface area contributed by atoms with Gasteiger partial charge in [0, 0.05) is 6.07 Å². The van der Waals surface area contributed by atoms with E-state index in [0.717, 1.165) is 0 Å². The summed E-state index contributed by atoms with van der Waals surface area (Å²) in [7, 11) is 0. The molecule has 92 valence electrons. The van der Waals surface area contributed by atoms with Crippen molar-refractivity contribution < 1.29 is 8.78 Å². The van der Waals surface area contributed by atoms with E-state index in [1.165, 1.54) is 24.3 Å². The van der Waals surface area contributed by atoms with Crippen molar-refractivity contribution >= 4 is 11.4 Å². The first-order chi connectivity index (χ1) is 8.56. The molecule has 0 saturated carbocycles. The molecule has 18 heavy (non-hydrogen) atoms. The van der Waals surface area contributed by atoms with Gasteiger partial charge in [-0.15, -0.1) is 0 Å². The van der Waals surface area contributed by atoms with E-state index in [1.807, 2.05) is 0 Å². The lowest BCUT2D eigenvalue weighted by molar-refractivity contribution is 0.625. The van der Waals surface area contributed by atoms with Crippen LogP contribution in [0.5, 0.6) is 0 Å². The molecule has 0 N–H and O–H groups in total. The molecule has 0 bridgehead atoms. The standard InChI is InChI=1S/C14H12F2N2/c1-9-6-12(16)7-10(2)14(9)18-17-13-5-3-4-11(15)8-13/h3-8H,1-2H3. The average molecular weight is 246 g/mol. The van der Waals surface area contributed by atoms with Crippen molar-refractivity contribution in [1.29, 1.82) is 0 Å². The zero-order valence-electron chi connectivity index (χ0n) is 10.1. The number of rotatable bonds is 2. The third-order valence-electron chi connectivity index (χ3n) is 2.53. The van der Waals surface area contributed by atoms with Gasteiger partial charge in [0.1, 0.15) is 11.6 Å². The van der Waals surface area contributed by atoms with Crippen molar-refractivity contribution in [1.82, 2.24) is 0 Å². The summed E-state index contributed by atoms with van der Waals surface area (Å²) < 4.78 is 26.1. The Morgan fingerprint density at radius 1 is 0.833 bits per heavy atom. The van der Waals surface area contributed by atoms with Crippen LogP contribution in [0.15, 0.2) is 46.6 Å². The first kappa shape index (κ1) is 12.4. The maximum atomic E-state index is 13.1. The van der Waals surface area contributed by atoms with Gasteiger partial charge in [0.2, 0.25) is 0 Å². The summed E-state index contributed by atoms with van der Waals surface area (Å²) in [5.41, 5.74) is 2.44. The minimum Gasteiger partial charge on any atom is -0.207 e. The Labute approximate surface area is 104 Å². The molecule has 0 aliphatic rings. The van der Waals surface area contributed by atoms with E-state index in [9.17, 15) is 8.78 Å². The molecule has 0 atom stereocenters. The normalized spacial score (nSPS) is 11.1. The molecule has 0 aliphatic carbocycles. The Morgan fingerprint density at radius 2 is 1.50 bits per heavy atom. The molecule has 2 rings (SSSR count). The highest BCUT2D eigenvalue weighted by Gasteiger charge is 2.04. The second-order valence-corrected chi connectivity index (χ2v) is 4.07. The second kappa shape index (κ2) is 5.04. The number of aryl methyl sites for hydroxylation is 2. The Balaban J connectivity index is 2.35. The highest BCUT2D eigenvalue weighted by molar-refractivity contribution is 5.52. The first-order valence-corrected chi connectivity index (χ1v) is 5.50. The van der Waals surface area contributed by atoms with Crippen LogP contribution in [0, 0.1) is 25.5 Å². The van der Waals surface area contributed by atoms with E-state index >= 15 is 0 Å². The van der Waals surface area contributed by atoms with Crippen LogP contribution in [0.2, 0.25) is 0 Å². The van der Waals surface area contributed by atoms with E-state index in [4.69, 9.17) is 0 Å². The van der Waals surface area contributed by atoms with Gasteiger partial charge in [0.25, 0.3) is 0 Å². The summed E-state index contributed by atoms with van der Waals surface area (Å²) in [6.07, 6.45) is 0. The molecule has 4 heteroatoms. The predicted octanol–water partition coefficient (Wildman–Crippen LogP) is 5.00.